The third kappa shape index (κ3) is 6.21. The number of ether oxygens (including phenoxy) is 1. The first-order chi connectivity index (χ1) is 12.3. The Bertz CT molecular complexity index is 430. The number of halogens is 1. The lowest BCUT2D eigenvalue weighted by Gasteiger charge is -2.33. The van der Waals surface area contributed by atoms with E-state index in [9.17, 15) is 0 Å². The van der Waals surface area contributed by atoms with E-state index in [1.807, 2.05) is 0 Å². The van der Waals surface area contributed by atoms with E-state index >= 15 is 0 Å². The quantitative estimate of drug-likeness (QED) is 0.371. The minimum Gasteiger partial charge on any atom is -0.379 e. The lowest BCUT2D eigenvalue weighted by molar-refractivity contribution is 0.0195. The second-order valence-electron chi connectivity index (χ2n) is 7.65. The van der Waals surface area contributed by atoms with Crippen LogP contribution < -0.4 is 5.32 Å². The van der Waals surface area contributed by atoms with Gasteiger partial charge in [-0.2, -0.15) is 0 Å². The van der Waals surface area contributed by atoms with Gasteiger partial charge in [0.05, 0.1) is 19.8 Å². The molecule has 0 aromatic rings. The second-order valence-corrected chi connectivity index (χ2v) is 7.65. The molecule has 0 amide bonds. The Labute approximate surface area is 176 Å². The van der Waals surface area contributed by atoms with Crippen molar-refractivity contribution < 1.29 is 4.74 Å². The van der Waals surface area contributed by atoms with Crippen LogP contribution in [0, 0.1) is 0 Å². The molecule has 3 aliphatic rings. The van der Waals surface area contributed by atoms with Crippen LogP contribution in [0.25, 0.3) is 0 Å². The van der Waals surface area contributed by atoms with Crippen molar-refractivity contribution in [3.8, 4) is 0 Å². The van der Waals surface area contributed by atoms with Crippen molar-refractivity contribution in [1.82, 2.24) is 20.0 Å². The van der Waals surface area contributed by atoms with Gasteiger partial charge in [-0.05, 0) is 39.7 Å². The summed E-state index contributed by atoms with van der Waals surface area (Å²) in [6.07, 6.45) is 5.33. The van der Waals surface area contributed by atoms with Gasteiger partial charge in [-0.3, -0.25) is 14.8 Å². The molecule has 3 fully saturated rings. The monoisotopic (exact) mass is 479 g/mol. The second kappa shape index (κ2) is 11.7. The van der Waals surface area contributed by atoms with E-state index in [2.05, 4.69) is 33.9 Å². The molecule has 1 N–H and O–H groups in total. The first-order valence-corrected chi connectivity index (χ1v) is 10.4. The van der Waals surface area contributed by atoms with Crippen molar-refractivity contribution in [1.29, 1.82) is 0 Å². The first kappa shape index (κ1) is 22.2. The normalized spacial score (nSPS) is 28.8. The Morgan fingerprint density at radius 1 is 1.12 bits per heavy atom. The Kier molecular flexibility index (Phi) is 9.94. The van der Waals surface area contributed by atoms with E-state index in [4.69, 9.17) is 9.73 Å². The number of guanidine groups is 1. The molecule has 0 aliphatic carbocycles. The molecule has 152 valence electrons. The van der Waals surface area contributed by atoms with Gasteiger partial charge in [0.25, 0.3) is 0 Å². The number of piperidine rings is 1. The van der Waals surface area contributed by atoms with Crippen molar-refractivity contribution in [2.45, 2.75) is 51.6 Å². The first-order valence-electron chi connectivity index (χ1n) is 10.4. The Hall–Kier alpha value is -0.120. The summed E-state index contributed by atoms with van der Waals surface area (Å²) in [5.74, 6) is 1.11. The molecule has 3 aliphatic heterocycles. The standard InChI is InChI=1S/C19H37N5O.HI/c1-3-20-19(21-8-11-22-9-5-4-6-17(22)2)24-10-7-18(16-24)23-12-14-25-15-13-23;/h17-18H,3-16H2,1-2H3,(H,20,21);1H. The highest BCUT2D eigenvalue weighted by atomic mass is 127. The Morgan fingerprint density at radius 2 is 1.92 bits per heavy atom. The molecule has 2 unspecified atom stereocenters. The van der Waals surface area contributed by atoms with Gasteiger partial charge in [-0.25, -0.2) is 0 Å². The zero-order valence-corrected chi connectivity index (χ0v) is 19.0. The van der Waals surface area contributed by atoms with Crippen molar-refractivity contribution >= 4 is 29.9 Å². The highest BCUT2D eigenvalue weighted by molar-refractivity contribution is 14.0. The summed E-state index contributed by atoms with van der Waals surface area (Å²) >= 11 is 0. The average molecular weight is 479 g/mol. The van der Waals surface area contributed by atoms with E-state index in [1.54, 1.807) is 0 Å². The predicted molar refractivity (Wildman–Crippen MR) is 119 cm³/mol. The molecule has 0 aromatic carbocycles. The van der Waals surface area contributed by atoms with Crippen LogP contribution in [0.3, 0.4) is 0 Å². The van der Waals surface area contributed by atoms with Gasteiger partial charge in [-0.1, -0.05) is 6.42 Å². The van der Waals surface area contributed by atoms with Crippen molar-refractivity contribution in [2.75, 3.05) is 65.6 Å². The van der Waals surface area contributed by atoms with Crippen molar-refractivity contribution in [2.24, 2.45) is 4.99 Å². The lowest BCUT2D eigenvalue weighted by Crippen LogP contribution is -2.47. The number of morpholine rings is 1. The average Bonchev–Trinajstić information content (AvgIpc) is 3.13. The largest absolute Gasteiger partial charge is 0.379 e. The van der Waals surface area contributed by atoms with Gasteiger partial charge in [-0.15, -0.1) is 24.0 Å². The minimum atomic E-state index is 0. The van der Waals surface area contributed by atoms with Crippen molar-refractivity contribution in [3.05, 3.63) is 0 Å². The lowest BCUT2D eigenvalue weighted by atomic mass is 10.0. The van der Waals surface area contributed by atoms with Gasteiger partial charge in [0, 0.05) is 51.4 Å². The Morgan fingerprint density at radius 3 is 2.65 bits per heavy atom. The fraction of sp³-hybridized carbons (Fsp3) is 0.947. The number of nitrogens with one attached hydrogen (secondary N) is 1. The summed E-state index contributed by atoms with van der Waals surface area (Å²) < 4.78 is 5.50. The molecule has 26 heavy (non-hydrogen) atoms. The molecule has 0 bridgehead atoms. The van der Waals surface area contributed by atoms with E-state index in [-0.39, 0.29) is 24.0 Å². The van der Waals surface area contributed by atoms with Gasteiger partial charge >= 0.3 is 0 Å². The van der Waals surface area contributed by atoms with E-state index in [0.717, 1.165) is 71.0 Å². The third-order valence-electron chi connectivity index (χ3n) is 5.95. The topological polar surface area (TPSA) is 43.3 Å². The molecule has 3 saturated heterocycles. The number of aliphatic imine (C=N–C) groups is 1. The minimum absolute atomic E-state index is 0. The van der Waals surface area contributed by atoms with Crippen molar-refractivity contribution in [3.63, 3.8) is 0 Å². The van der Waals surface area contributed by atoms with Gasteiger partial charge in [0.1, 0.15) is 0 Å². The smallest absolute Gasteiger partial charge is 0.194 e. The number of hydrogen-bond donors (Lipinski definition) is 1. The zero-order chi connectivity index (χ0) is 17.5. The van der Waals surface area contributed by atoms with Crippen LogP contribution in [0.15, 0.2) is 4.99 Å². The molecule has 0 spiro atoms. The predicted octanol–water partition coefficient (Wildman–Crippen LogP) is 1.85. The zero-order valence-electron chi connectivity index (χ0n) is 16.7. The molecular weight excluding hydrogens is 441 g/mol. The maximum Gasteiger partial charge on any atom is 0.194 e. The number of nitrogens with zero attached hydrogens (tertiary/aromatic N) is 4. The molecule has 6 nitrogen and oxygen atoms in total. The maximum absolute atomic E-state index is 5.50. The highest BCUT2D eigenvalue weighted by Gasteiger charge is 2.30. The van der Waals surface area contributed by atoms with Gasteiger partial charge in [0.15, 0.2) is 5.96 Å². The number of rotatable bonds is 5. The van der Waals surface area contributed by atoms with Crippen LogP contribution in [-0.2, 0) is 4.74 Å². The van der Waals surface area contributed by atoms with Crippen LogP contribution in [0.1, 0.15) is 39.5 Å². The Balaban J connectivity index is 0.00000243. The van der Waals surface area contributed by atoms with Crippen LogP contribution in [-0.4, -0.2) is 98.3 Å². The number of hydrogen-bond acceptors (Lipinski definition) is 4. The fourth-order valence-electron chi connectivity index (χ4n) is 4.37. The van der Waals surface area contributed by atoms with Crippen LogP contribution in [0.4, 0.5) is 0 Å². The molecule has 0 aromatic heterocycles. The maximum atomic E-state index is 5.50. The molecule has 3 rings (SSSR count). The summed E-state index contributed by atoms with van der Waals surface area (Å²) in [6.45, 7) is 14.9. The van der Waals surface area contributed by atoms with Gasteiger partial charge < -0.3 is 15.0 Å². The summed E-state index contributed by atoms with van der Waals surface area (Å²) in [7, 11) is 0. The third-order valence-corrected chi connectivity index (χ3v) is 5.95. The van der Waals surface area contributed by atoms with Crippen LogP contribution in [0.2, 0.25) is 0 Å². The molecule has 3 heterocycles. The van der Waals surface area contributed by atoms with Crippen LogP contribution in [0.5, 0.6) is 0 Å². The molecular formula is C19H38IN5O. The summed E-state index contributed by atoms with van der Waals surface area (Å²) in [5, 5.41) is 3.51. The highest BCUT2D eigenvalue weighted by Crippen LogP contribution is 2.18. The summed E-state index contributed by atoms with van der Waals surface area (Å²) in [6, 6.07) is 1.39. The summed E-state index contributed by atoms with van der Waals surface area (Å²) in [5.41, 5.74) is 0. The summed E-state index contributed by atoms with van der Waals surface area (Å²) in [4.78, 5) is 12.6. The van der Waals surface area contributed by atoms with E-state index < -0.39 is 0 Å². The number of likely N-dealkylation sites (tertiary alicyclic amines) is 2. The van der Waals surface area contributed by atoms with E-state index in [0.29, 0.717) is 6.04 Å². The van der Waals surface area contributed by atoms with Gasteiger partial charge in [0.2, 0.25) is 0 Å². The SMILES string of the molecule is CCNC(=NCCN1CCCCC1C)N1CCC(N2CCOCC2)C1.I. The fourth-order valence-corrected chi connectivity index (χ4v) is 4.37. The molecule has 0 saturated carbocycles. The molecule has 2 atom stereocenters. The molecule has 0 radical (unpaired) electrons. The van der Waals surface area contributed by atoms with E-state index in [1.165, 1.54) is 32.2 Å². The van der Waals surface area contributed by atoms with Crippen LogP contribution >= 0.6 is 24.0 Å². The molecule has 7 heteroatoms.